The fourth-order valence-electron chi connectivity index (χ4n) is 3.96. The van der Waals surface area contributed by atoms with Gasteiger partial charge in [0.2, 0.25) is 10.0 Å². The molecule has 128 valence electrons. The van der Waals surface area contributed by atoms with E-state index in [1.54, 1.807) is 15.6 Å². The van der Waals surface area contributed by atoms with Crippen molar-refractivity contribution in [3.8, 4) is 0 Å². The third kappa shape index (κ3) is 3.05. The van der Waals surface area contributed by atoms with Crippen LogP contribution in [-0.2, 0) is 22.9 Å². The molecule has 0 atom stereocenters. The summed E-state index contributed by atoms with van der Waals surface area (Å²) in [6.45, 7) is 1.25. The number of rotatable bonds is 3. The van der Waals surface area contributed by atoms with Crippen molar-refractivity contribution in [2.24, 2.45) is 0 Å². The lowest BCUT2D eigenvalue weighted by molar-refractivity contribution is 0.320. The van der Waals surface area contributed by atoms with E-state index < -0.39 is 10.0 Å². The van der Waals surface area contributed by atoms with Gasteiger partial charge in [-0.1, -0.05) is 6.07 Å². The molecular formula is C19H23NO2S2. The van der Waals surface area contributed by atoms with E-state index in [-0.39, 0.29) is 0 Å². The summed E-state index contributed by atoms with van der Waals surface area (Å²) in [6, 6.07) is 7.93. The van der Waals surface area contributed by atoms with Crippen molar-refractivity contribution >= 4 is 21.4 Å². The van der Waals surface area contributed by atoms with Crippen LogP contribution in [0.25, 0.3) is 0 Å². The molecule has 0 N–H and O–H groups in total. The van der Waals surface area contributed by atoms with Gasteiger partial charge in [0.1, 0.15) is 0 Å². The largest absolute Gasteiger partial charge is 0.243 e. The minimum atomic E-state index is -3.35. The summed E-state index contributed by atoms with van der Waals surface area (Å²) < 4.78 is 27.7. The number of aryl methyl sites for hydroxylation is 2. The zero-order chi connectivity index (χ0) is 16.6. The molecule has 2 heterocycles. The fourth-order valence-corrected chi connectivity index (χ4v) is 6.22. The molecule has 1 saturated heterocycles. The Balaban J connectivity index is 1.51. The normalized spacial score (nSPS) is 20.0. The van der Waals surface area contributed by atoms with E-state index >= 15 is 0 Å². The summed E-state index contributed by atoms with van der Waals surface area (Å²) in [5.41, 5.74) is 3.93. The number of hydrogen-bond donors (Lipinski definition) is 0. The zero-order valence-electron chi connectivity index (χ0n) is 13.8. The minimum Gasteiger partial charge on any atom is -0.207 e. The van der Waals surface area contributed by atoms with Crippen molar-refractivity contribution in [1.29, 1.82) is 0 Å². The third-order valence-electron chi connectivity index (χ3n) is 5.43. The van der Waals surface area contributed by atoms with Crippen molar-refractivity contribution in [2.75, 3.05) is 13.1 Å². The molecule has 1 fully saturated rings. The summed E-state index contributed by atoms with van der Waals surface area (Å²) >= 11 is 1.72. The monoisotopic (exact) mass is 361 g/mol. The van der Waals surface area contributed by atoms with Gasteiger partial charge in [-0.05, 0) is 90.1 Å². The second-order valence-corrected chi connectivity index (χ2v) is 9.59. The quantitative estimate of drug-likeness (QED) is 0.822. The lowest BCUT2D eigenvalue weighted by Gasteiger charge is -2.31. The van der Waals surface area contributed by atoms with Crippen LogP contribution in [0.5, 0.6) is 0 Å². The van der Waals surface area contributed by atoms with Gasteiger partial charge >= 0.3 is 0 Å². The summed E-state index contributed by atoms with van der Waals surface area (Å²) in [5, 5.41) is 4.30. The minimum absolute atomic E-state index is 0.483. The molecule has 5 heteroatoms. The first kappa shape index (κ1) is 16.3. The molecule has 0 saturated carbocycles. The highest BCUT2D eigenvalue weighted by Crippen LogP contribution is 2.32. The Bertz CT molecular complexity index is 804. The van der Waals surface area contributed by atoms with Gasteiger partial charge in [-0.2, -0.15) is 15.6 Å². The SMILES string of the molecule is O=S(=O)(c1ccc2c(c1)CCCC2)N1CCC(c2ccsc2)CC1. The standard InChI is InChI=1S/C19H23NO2S2/c21-24(22,19-6-5-15-3-1-2-4-17(15)13-19)20-10-7-16(8-11-20)18-9-12-23-14-18/h5-6,9,12-14,16H,1-4,7-8,10-11H2. The molecule has 24 heavy (non-hydrogen) atoms. The molecule has 2 aliphatic rings. The molecule has 0 unspecified atom stereocenters. The van der Waals surface area contributed by atoms with Crippen molar-refractivity contribution in [3.05, 3.63) is 51.7 Å². The van der Waals surface area contributed by atoms with Crippen LogP contribution in [0.4, 0.5) is 0 Å². The Morgan fingerprint density at radius 3 is 2.46 bits per heavy atom. The highest BCUT2D eigenvalue weighted by Gasteiger charge is 2.30. The molecule has 1 aromatic heterocycles. The van der Waals surface area contributed by atoms with Crippen molar-refractivity contribution in [1.82, 2.24) is 4.31 Å². The fraction of sp³-hybridized carbons (Fsp3) is 0.474. The average Bonchev–Trinajstić information content (AvgIpc) is 3.16. The van der Waals surface area contributed by atoms with E-state index in [1.165, 1.54) is 29.5 Å². The highest BCUT2D eigenvalue weighted by atomic mass is 32.2. The molecule has 0 spiro atoms. The van der Waals surface area contributed by atoms with Crippen LogP contribution in [0.15, 0.2) is 39.9 Å². The Kier molecular flexibility index (Phi) is 4.50. The van der Waals surface area contributed by atoms with Gasteiger partial charge in [-0.15, -0.1) is 0 Å². The van der Waals surface area contributed by atoms with Crippen LogP contribution < -0.4 is 0 Å². The van der Waals surface area contributed by atoms with E-state index in [1.807, 2.05) is 18.2 Å². The summed E-state index contributed by atoms with van der Waals surface area (Å²) in [5.74, 6) is 0.506. The summed E-state index contributed by atoms with van der Waals surface area (Å²) in [7, 11) is -3.35. The lowest BCUT2D eigenvalue weighted by Crippen LogP contribution is -2.37. The second-order valence-electron chi connectivity index (χ2n) is 6.87. The Morgan fingerprint density at radius 2 is 1.75 bits per heavy atom. The van der Waals surface area contributed by atoms with Crippen LogP contribution in [0.1, 0.15) is 48.3 Å². The Morgan fingerprint density at radius 1 is 1.00 bits per heavy atom. The van der Waals surface area contributed by atoms with E-state index in [0.29, 0.717) is 23.9 Å². The molecule has 0 bridgehead atoms. The van der Waals surface area contributed by atoms with Gasteiger partial charge in [-0.3, -0.25) is 0 Å². The van der Waals surface area contributed by atoms with E-state index in [4.69, 9.17) is 0 Å². The first-order valence-electron chi connectivity index (χ1n) is 8.78. The lowest BCUT2D eigenvalue weighted by atomic mass is 9.92. The molecule has 3 nitrogen and oxygen atoms in total. The van der Waals surface area contributed by atoms with Crippen molar-refractivity contribution < 1.29 is 8.42 Å². The first-order chi connectivity index (χ1) is 11.6. The maximum atomic E-state index is 13.0. The number of sulfonamides is 1. The van der Waals surface area contributed by atoms with Crippen molar-refractivity contribution in [3.63, 3.8) is 0 Å². The predicted octanol–water partition coefficient (Wildman–Crippen LogP) is 4.20. The maximum absolute atomic E-state index is 13.0. The van der Waals surface area contributed by atoms with Gasteiger partial charge in [0.25, 0.3) is 0 Å². The Hall–Kier alpha value is -1.17. The molecule has 1 aliphatic heterocycles. The van der Waals surface area contributed by atoms with Gasteiger partial charge in [0.15, 0.2) is 0 Å². The summed E-state index contributed by atoms with van der Waals surface area (Å²) in [6.07, 6.45) is 6.32. The smallest absolute Gasteiger partial charge is 0.207 e. The van der Waals surface area contributed by atoms with Gasteiger partial charge in [0, 0.05) is 13.1 Å². The molecular weight excluding hydrogens is 338 g/mol. The van der Waals surface area contributed by atoms with E-state index in [2.05, 4.69) is 16.8 Å². The van der Waals surface area contributed by atoms with Gasteiger partial charge < -0.3 is 0 Å². The van der Waals surface area contributed by atoms with Crippen LogP contribution in [0.3, 0.4) is 0 Å². The number of fused-ring (bicyclic) bond motifs is 1. The molecule has 2 aromatic rings. The number of nitrogens with zero attached hydrogens (tertiary/aromatic N) is 1. The number of thiophene rings is 1. The van der Waals surface area contributed by atoms with Crippen LogP contribution in [0, 0.1) is 0 Å². The summed E-state index contributed by atoms with van der Waals surface area (Å²) in [4.78, 5) is 0.483. The maximum Gasteiger partial charge on any atom is 0.243 e. The molecule has 1 aliphatic carbocycles. The molecule has 4 rings (SSSR count). The number of piperidine rings is 1. The van der Waals surface area contributed by atoms with Gasteiger partial charge in [0.05, 0.1) is 4.90 Å². The van der Waals surface area contributed by atoms with E-state index in [0.717, 1.165) is 25.7 Å². The molecule has 0 amide bonds. The number of benzene rings is 1. The number of hydrogen-bond acceptors (Lipinski definition) is 3. The predicted molar refractivity (Wildman–Crippen MR) is 98.1 cm³/mol. The van der Waals surface area contributed by atoms with Crippen LogP contribution >= 0.6 is 11.3 Å². The van der Waals surface area contributed by atoms with Crippen LogP contribution in [-0.4, -0.2) is 25.8 Å². The molecule has 1 aromatic carbocycles. The first-order valence-corrected chi connectivity index (χ1v) is 11.2. The topological polar surface area (TPSA) is 37.4 Å². The molecule has 0 radical (unpaired) electrons. The third-order valence-corrected chi connectivity index (χ3v) is 8.02. The highest BCUT2D eigenvalue weighted by molar-refractivity contribution is 7.89. The average molecular weight is 362 g/mol. The second kappa shape index (κ2) is 6.62. The zero-order valence-corrected chi connectivity index (χ0v) is 15.4. The van der Waals surface area contributed by atoms with E-state index in [9.17, 15) is 8.42 Å². The van der Waals surface area contributed by atoms with Gasteiger partial charge in [-0.25, -0.2) is 8.42 Å². The van der Waals surface area contributed by atoms with Crippen molar-refractivity contribution in [2.45, 2.75) is 49.3 Å². The Labute approximate surface area is 148 Å². The van der Waals surface area contributed by atoms with Crippen LogP contribution in [0.2, 0.25) is 0 Å².